The van der Waals surface area contributed by atoms with Gasteiger partial charge in [0.1, 0.15) is 16.7 Å². The molecule has 2 aromatic rings. The highest BCUT2D eigenvalue weighted by molar-refractivity contribution is 6.29. The minimum Gasteiger partial charge on any atom is -0.248 e. The maximum absolute atomic E-state index is 12.5. The number of hydrogen-bond donors (Lipinski definition) is 0. The Morgan fingerprint density at radius 2 is 2.13 bits per heavy atom. The third-order valence-corrected chi connectivity index (χ3v) is 2.21. The Bertz CT molecular complexity index is 484. The fourth-order valence-electron chi connectivity index (χ4n) is 1.20. The Hall–Kier alpha value is -1.30. The summed E-state index contributed by atoms with van der Waals surface area (Å²) in [6.45, 7) is 1.36. The lowest BCUT2D eigenvalue weighted by Crippen LogP contribution is -2.15. The summed E-state index contributed by atoms with van der Waals surface area (Å²) in [5.41, 5.74) is 0.724. The number of rotatable bonds is 2. The van der Waals surface area contributed by atoms with Crippen LogP contribution in [0.15, 0.2) is 12.4 Å². The van der Waals surface area contributed by atoms with Crippen LogP contribution in [0.3, 0.4) is 0 Å². The summed E-state index contributed by atoms with van der Waals surface area (Å²) in [6, 6.07) is -1.05. The number of hydrogen-bond acceptors (Lipinski definition) is 3. The summed E-state index contributed by atoms with van der Waals surface area (Å²) < 4.78 is 26.1. The summed E-state index contributed by atoms with van der Waals surface area (Å²) >= 11 is 5.63. The average Bonchev–Trinajstić information content (AvgIpc) is 2.59. The Labute approximate surface area is 88.9 Å². The predicted molar refractivity (Wildman–Crippen MR) is 51.0 cm³/mol. The van der Waals surface area contributed by atoms with E-state index in [-0.39, 0.29) is 10.8 Å². The SMILES string of the molecule is CC(C(F)F)n1ncc2ncc(Cl)nc21. The van der Waals surface area contributed by atoms with Crippen molar-refractivity contribution in [1.82, 2.24) is 19.7 Å². The summed E-state index contributed by atoms with van der Waals surface area (Å²) in [6.07, 6.45) is 0.231. The molecule has 0 saturated heterocycles. The van der Waals surface area contributed by atoms with Crippen LogP contribution >= 0.6 is 11.6 Å². The van der Waals surface area contributed by atoms with E-state index in [4.69, 9.17) is 11.6 Å². The predicted octanol–water partition coefficient (Wildman–Crippen LogP) is 2.31. The highest BCUT2D eigenvalue weighted by Crippen LogP contribution is 2.20. The molecule has 0 N–H and O–H groups in total. The van der Waals surface area contributed by atoms with Gasteiger partial charge in [0, 0.05) is 0 Å². The molecule has 0 saturated carbocycles. The van der Waals surface area contributed by atoms with Crippen LogP contribution in [0.2, 0.25) is 5.15 Å². The zero-order valence-corrected chi connectivity index (χ0v) is 8.49. The van der Waals surface area contributed by atoms with Gasteiger partial charge in [0.05, 0.1) is 12.4 Å². The summed E-state index contributed by atoms with van der Waals surface area (Å²) in [4.78, 5) is 7.83. The van der Waals surface area contributed by atoms with Crippen molar-refractivity contribution < 1.29 is 8.78 Å². The van der Waals surface area contributed by atoms with E-state index in [1.54, 1.807) is 0 Å². The molecule has 15 heavy (non-hydrogen) atoms. The molecule has 0 aliphatic rings. The van der Waals surface area contributed by atoms with E-state index in [1.807, 2.05) is 0 Å². The lowest BCUT2D eigenvalue weighted by atomic mass is 10.3. The number of alkyl halides is 2. The minimum absolute atomic E-state index is 0.158. The van der Waals surface area contributed by atoms with Crippen molar-refractivity contribution in [2.24, 2.45) is 0 Å². The standard InChI is InChI=1S/C8H7ClF2N4/c1-4(7(10)11)15-8-5(2-13-15)12-3-6(9)14-8/h2-4,7H,1H3. The molecule has 4 nitrogen and oxygen atoms in total. The fourth-order valence-corrected chi connectivity index (χ4v) is 1.33. The first kappa shape index (κ1) is 10.2. The summed E-state index contributed by atoms with van der Waals surface area (Å²) in [5.74, 6) is 0. The van der Waals surface area contributed by atoms with E-state index in [0.29, 0.717) is 5.52 Å². The van der Waals surface area contributed by atoms with Crippen molar-refractivity contribution >= 4 is 22.8 Å². The monoisotopic (exact) mass is 232 g/mol. The molecule has 0 aliphatic heterocycles. The van der Waals surface area contributed by atoms with Gasteiger partial charge in [-0.25, -0.2) is 23.4 Å². The lowest BCUT2D eigenvalue weighted by Gasteiger charge is -2.10. The van der Waals surface area contributed by atoms with Gasteiger partial charge in [-0.15, -0.1) is 0 Å². The molecule has 0 aliphatic carbocycles. The van der Waals surface area contributed by atoms with E-state index >= 15 is 0 Å². The molecule has 0 bridgehead atoms. The zero-order valence-electron chi connectivity index (χ0n) is 7.73. The van der Waals surface area contributed by atoms with Crippen LogP contribution in [0.4, 0.5) is 8.78 Å². The first-order chi connectivity index (χ1) is 7.09. The summed E-state index contributed by atoms with van der Waals surface area (Å²) in [5, 5.41) is 3.97. The van der Waals surface area contributed by atoms with Gasteiger partial charge in [-0.1, -0.05) is 11.6 Å². The van der Waals surface area contributed by atoms with Gasteiger partial charge in [-0.05, 0) is 6.92 Å². The first-order valence-corrected chi connectivity index (χ1v) is 4.61. The topological polar surface area (TPSA) is 43.6 Å². The number of halogens is 3. The maximum Gasteiger partial charge on any atom is 0.260 e. The molecule has 80 valence electrons. The minimum atomic E-state index is -2.51. The van der Waals surface area contributed by atoms with E-state index in [1.165, 1.54) is 19.3 Å². The van der Waals surface area contributed by atoms with Crippen molar-refractivity contribution in [3.05, 3.63) is 17.5 Å². The lowest BCUT2D eigenvalue weighted by molar-refractivity contribution is 0.0873. The molecule has 0 aromatic carbocycles. The molecule has 2 rings (SSSR count). The molecule has 0 amide bonds. The third kappa shape index (κ3) is 1.77. The molecule has 0 radical (unpaired) electrons. The first-order valence-electron chi connectivity index (χ1n) is 4.23. The van der Waals surface area contributed by atoms with Crippen LogP contribution in [-0.4, -0.2) is 26.2 Å². The van der Waals surface area contributed by atoms with Crippen LogP contribution in [0.5, 0.6) is 0 Å². The fraction of sp³-hybridized carbons (Fsp3) is 0.375. The third-order valence-electron chi connectivity index (χ3n) is 2.02. The van der Waals surface area contributed by atoms with Gasteiger partial charge in [-0.2, -0.15) is 5.10 Å². The Morgan fingerprint density at radius 1 is 1.40 bits per heavy atom. The van der Waals surface area contributed by atoms with Crippen LogP contribution in [0.25, 0.3) is 11.2 Å². The molecule has 7 heteroatoms. The smallest absolute Gasteiger partial charge is 0.248 e. The van der Waals surface area contributed by atoms with Gasteiger partial charge in [0.2, 0.25) is 0 Å². The maximum atomic E-state index is 12.5. The molecule has 0 spiro atoms. The van der Waals surface area contributed by atoms with Gasteiger partial charge in [-0.3, -0.25) is 0 Å². The van der Waals surface area contributed by atoms with Crippen LogP contribution < -0.4 is 0 Å². The molecule has 1 unspecified atom stereocenters. The number of nitrogens with zero attached hydrogens (tertiary/aromatic N) is 4. The van der Waals surface area contributed by atoms with Crippen LogP contribution in [0.1, 0.15) is 13.0 Å². The Morgan fingerprint density at radius 3 is 2.80 bits per heavy atom. The van der Waals surface area contributed by atoms with Crippen LogP contribution in [-0.2, 0) is 0 Å². The highest BCUT2D eigenvalue weighted by atomic mass is 35.5. The summed E-state index contributed by atoms with van der Waals surface area (Å²) in [7, 11) is 0. The average molecular weight is 233 g/mol. The van der Waals surface area contributed by atoms with E-state index in [0.717, 1.165) is 4.68 Å². The van der Waals surface area contributed by atoms with Crippen molar-refractivity contribution in [1.29, 1.82) is 0 Å². The van der Waals surface area contributed by atoms with Gasteiger partial charge >= 0.3 is 0 Å². The van der Waals surface area contributed by atoms with E-state index < -0.39 is 12.5 Å². The second-order valence-electron chi connectivity index (χ2n) is 3.07. The van der Waals surface area contributed by atoms with Crippen molar-refractivity contribution in [2.75, 3.05) is 0 Å². The van der Waals surface area contributed by atoms with E-state index in [2.05, 4.69) is 15.1 Å². The second kappa shape index (κ2) is 3.69. The van der Waals surface area contributed by atoms with Gasteiger partial charge < -0.3 is 0 Å². The largest absolute Gasteiger partial charge is 0.260 e. The van der Waals surface area contributed by atoms with Crippen molar-refractivity contribution in [2.45, 2.75) is 19.4 Å². The number of aromatic nitrogens is 4. The molecule has 2 heterocycles. The Balaban J connectivity index is 2.56. The van der Waals surface area contributed by atoms with Crippen molar-refractivity contribution in [3.63, 3.8) is 0 Å². The zero-order chi connectivity index (χ0) is 11.0. The highest BCUT2D eigenvalue weighted by Gasteiger charge is 2.20. The van der Waals surface area contributed by atoms with Crippen molar-refractivity contribution in [3.8, 4) is 0 Å². The second-order valence-corrected chi connectivity index (χ2v) is 3.45. The van der Waals surface area contributed by atoms with E-state index in [9.17, 15) is 8.78 Å². The quantitative estimate of drug-likeness (QED) is 0.798. The van der Waals surface area contributed by atoms with Gasteiger partial charge in [0.25, 0.3) is 6.43 Å². The molecule has 2 aromatic heterocycles. The number of fused-ring (bicyclic) bond motifs is 1. The van der Waals surface area contributed by atoms with Crippen LogP contribution in [0, 0.1) is 0 Å². The normalized spacial score (nSPS) is 13.7. The van der Waals surface area contributed by atoms with Gasteiger partial charge in [0.15, 0.2) is 5.65 Å². The molecule has 1 atom stereocenters. The molecular weight excluding hydrogens is 226 g/mol. The molecular formula is C8H7ClF2N4. The molecule has 0 fully saturated rings. The Kier molecular flexibility index (Phi) is 2.52.